The number of anilines is 1. The maximum atomic E-state index is 13.9. The van der Waals surface area contributed by atoms with Crippen molar-refractivity contribution in [3.05, 3.63) is 53.5 Å². The molecule has 0 radical (unpaired) electrons. The summed E-state index contributed by atoms with van der Waals surface area (Å²) in [4.78, 5) is 24.7. The van der Waals surface area contributed by atoms with Gasteiger partial charge >= 0.3 is 0 Å². The van der Waals surface area contributed by atoms with Gasteiger partial charge < -0.3 is 20.0 Å². The summed E-state index contributed by atoms with van der Waals surface area (Å²) in [5, 5.41) is 3.11. The van der Waals surface area contributed by atoms with Crippen LogP contribution < -0.4 is 10.2 Å². The molecule has 1 unspecified atom stereocenters. The largest absolute Gasteiger partial charge is 0.375 e. The number of amides is 1. The lowest BCUT2D eigenvalue weighted by molar-refractivity contribution is -0.114. The molecule has 6 nitrogen and oxygen atoms in total. The molecule has 1 N–H and O–H groups in total. The molecule has 1 amide bonds. The van der Waals surface area contributed by atoms with Gasteiger partial charge in [-0.15, -0.1) is 0 Å². The third kappa shape index (κ3) is 8.01. The third-order valence-electron chi connectivity index (χ3n) is 6.42. The van der Waals surface area contributed by atoms with Crippen LogP contribution in [0.4, 0.5) is 5.69 Å². The molecule has 0 saturated heterocycles. The highest BCUT2D eigenvalue weighted by Crippen LogP contribution is 2.28. The minimum atomic E-state index is 0.0100. The standard InChI is InChI=1S/C28H45N5O/c1-8-22(3)27-26(21-30-23(4)29-9-2)28(34)33(19-18-32(27)7)25-16-13-15-24(20-25)14-11-10-12-17-31(5)6/h13,15-16,20-22,29H,4,8-12,14,17-19H2,1-3,5-7H3/b30-21-. The van der Waals surface area contributed by atoms with Gasteiger partial charge in [-0.1, -0.05) is 39.0 Å². The van der Waals surface area contributed by atoms with Gasteiger partial charge in [0.2, 0.25) is 0 Å². The van der Waals surface area contributed by atoms with E-state index < -0.39 is 0 Å². The van der Waals surface area contributed by atoms with Crippen LogP contribution >= 0.6 is 0 Å². The highest BCUT2D eigenvalue weighted by atomic mass is 16.2. The molecule has 0 aliphatic carbocycles. The van der Waals surface area contributed by atoms with Gasteiger partial charge in [-0.2, -0.15) is 0 Å². The number of carbonyl (C=O) groups excluding carboxylic acids is 1. The number of hydrogen-bond acceptors (Lipinski definition) is 5. The quantitative estimate of drug-likeness (QED) is 0.338. The van der Waals surface area contributed by atoms with Crippen LogP contribution in [0.15, 0.2) is 52.9 Å². The zero-order valence-corrected chi connectivity index (χ0v) is 22.2. The lowest BCUT2D eigenvalue weighted by Gasteiger charge is -2.26. The molecule has 34 heavy (non-hydrogen) atoms. The Balaban J connectivity index is 2.29. The van der Waals surface area contributed by atoms with Crippen LogP contribution in [0.25, 0.3) is 0 Å². The van der Waals surface area contributed by atoms with Crippen LogP contribution in [0.3, 0.4) is 0 Å². The van der Waals surface area contributed by atoms with E-state index in [2.05, 4.69) is 79.9 Å². The fourth-order valence-corrected chi connectivity index (χ4v) is 4.34. The van der Waals surface area contributed by atoms with Crippen molar-refractivity contribution in [3.8, 4) is 0 Å². The molecule has 2 rings (SSSR count). The fourth-order valence-electron chi connectivity index (χ4n) is 4.34. The molecule has 188 valence electrons. The number of aryl methyl sites for hydroxylation is 1. The highest BCUT2D eigenvalue weighted by Gasteiger charge is 2.29. The van der Waals surface area contributed by atoms with Gasteiger partial charge in [0.1, 0.15) is 5.82 Å². The van der Waals surface area contributed by atoms with Gasteiger partial charge in [-0.25, -0.2) is 4.99 Å². The number of nitrogens with one attached hydrogen (secondary N) is 1. The first kappa shape index (κ1) is 27.6. The van der Waals surface area contributed by atoms with Crippen molar-refractivity contribution in [2.75, 3.05) is 52.2 Å². The number of aliphatic imine (C=N–C) groups is 1. The Hall–Kier alpha value is -2.60. The van der Waals surface area contributed by atoms with Crippen molar-refractivity contribution in [3.63, 3.8) is 0 Å². The van der Waals surface area contributed by atoms with Crippen molar-refractivity contribution in [1.82, 2.24) is 15.1 Å². The minimum absolute atomic E-state index is 0.0100. The topological polar surface area (TPSA) is 51.2 Å². The number of carbonyl (C=O) groups is 1. The Morgan fingerprint density at radius 1 is 1.24 bits per heavy atom. The molecule has 6 heteroatoms. The summed E-state index contributed by atoms with van der Waals surface area (Å²) in [5.74, 6) is 0.841. The van der Waals surface area contributed by atoms with Gasteiger partial charge in [0, 0.05) is 44.3 Å². The summed E-state index contributed by atoms with van der Waals surface area (Å²) in [6.45, 7) is 13.6. The summed E-state index contributed by atoms with van der Waals surface area (Å²) in [7, 11) is 6.32. The monoisotopic (exact) mass is 467 g/mol. The summed E-state index contributed by atoms with van der Waals surface area (Å²) in [6, 6.07) is 8.48. The molecule has 0 spiro atoms. The molecule has 0 saturated carbocycles. The first-order chi connectivity index (χ1) is 16.3. The maximum absolute atomic E-state index is 13.9. The maximum Gasteiger partial charge on any atom is 0.261 e. The normalized spacial score (nSPS) is 15.9. The Labute approximate surface area is 207 Å². The molecular formula is C28H45N5O. The highest BCUT2D eigenvalue weighted by molar-refractivity contribution is 6.19. The Morgan fingerprint density at radius 2 is 2.00 bits per heavy atom. The van der Waals surface area contributed by atoms with Crippen molar-refractivity contribution in [2.45, 2.75) is 52.9 Å². The number of allylic oxidation sites excluding steroid dienone is 1. The van der Waals surface area contributed by atoms with Crippen LogP contribution in [-0.2, 0) is 11.2 Å². The van der Waals surface area contributed by atoms with E-state index in [0.29, 0.717) is 17.9 Å². The number of rotatable bonds is 13. The lowest BCUT2D eigenvalue weighted by Crippen LogP contribution is -2.34. The van der Waals surface area contributed by atoms with Crippen LogP contribution in [0.1, 0.15) is 52.0 Å². The Bertz CT molecular complexity index is 873. The van der Waals surface area contributed by atoms with E-state index in [0.717, 1.165) is 50.3 Å². The SMILES string of the molecule is C=C(/N=C\C1=C(C(C)CC)N(C)CCN(c2cccc(CCCCCN(C)C)c2)C1=O)NCC. The first-order valence-electron chi connectivity index (χ1n) is 12.8. The Morgan fingerprint density at radius 3 is 2.68 bits per heavy atom. The molecule has 0 fully saturated rings. The van der Waals surface area contributed by atoms with Crippen LogP contribution in [0.5, 0.6) is 0 Å². The van der Waals surface area contributed by atoms with Crippen molar-refractivity contribution >= 4 is 17.8 Å². The van der Waals surface area contributed by atoms with E-state index in [1.165, 1.54) is 18.4 Å². The average Bonchev–Trinajstić information content (AvgIpc) is 2.93. The van der Waals surface area contributed by atoms with Gasteiger partial charge in [0.05, 0.1) is 5.57 Å². The van der Waals surface area contributed by atoms with E-state index in [1.807, 2.05) is 17.9 Å². The van der Waals surface area contributed by atoms with Crippen LogP contribution in [0.2, 0.25) is 0 Å². The number of hydrogen-bond donors (Lipinski definition) is 1. The van der Waals surface area contributed by atoms with Crippen molar-refractivity contribution in [2.24, 2.45) is 10.9 Å². The minimum Gasteiger partial charge on any atom is -0.375 e. The zero-order valence-electron chi connectivity index (χ0n) is 22.2. The van der Waals surface area contributed by atoms with Gasteiger partial charge in [0.25, 0.3) is 5.91 Å². The van der Waals surface area contributed by atoms with Gasteiger partial charge in [0.15, 0.2) is 0 Å². The predicted octanol–water partition coefficient (Wildman–Crippen LogP) is 4.69. The molecule has 1 aliphatic heterocycles. The van der Waals surface area contributed by atoms with Gasteiger partial charge in [-0.3, -0.25) is 4.79 Å². The number of benzene rings is 1. The summed E-state index contributed by atoms with van der Waals surface area (Å²) < 4.78 is 0. The molecule has 0 bridgehead atoms. The average molecular weight is 468 g/mol. The summed E-state index contributed by atoms with van der Waals surface area (Å²) in [5.41, 5.74) is 3.96. The van der Waals surface area contributed by atoms with Crippen molar-refractivity contribution < 1.29 is 4.79 Å². The molecule has 1 atom stereocenters. The zero-order chi connectivity index (χ0) is 25.1. The fraction of sp³-hybridized carbons (Fsp3) is 0.571. The molecular weight excluding hydrogens is 422 g/mol. The van der Waals surface area contributed by atoms with E-state index in [9.17, 15) is 4.79 Å². The van der Waals surface area contributed by atoms with E-state index >= 15 is 0 Å². The van der Waals surface area contributed by atoms with Crippen LogP contribution in [0, 0.1) is 5.92 Å². The second-order valence-electron chi connectivity index (χ2n) is 9.51. The van der Waals surface area contributed by atoms with Crippen LogP contribution in [-0.4, -0.2) is 69.2 Å². The second-order valence-corrected chi connectivity index (χ2v) is 9.51. The number of unbranched alkanes of at least 4 members (excludes halogenated alkanes) is 2. The van der Waals surface area contributed by atoms with Crippen molar-refractivity contribution in [1.29, 1.82) is 0 Å². The van der Waals surface area contributed by atoms with Gasteiger partial charge in [-0.05, 0) is 76.9 Å². The molecule has 0 aromatic heterocycles. The Kier molecular flexibility index (Phi) is 11.3. The summed E-state index contributed by atoms with van der Waals surface area (Å²) in [6.07, 6.45) is 7.30. The molecule has 1 aliphatic rings. The van der Waals surface area contributed by atoms with E-state index in [-0.39, 0.29) is 11.8 Å². The number of likely N-dealkylation sites (N-methyl/N-ethyl adjacent to an activating group) is 1. The third-order valence-corrected chi connectivity index (χ3v) is 6.42. The van der Waals surface area contributed by atoms with E-state index in [4.69, 9.17) is 0 Å². The first-order valence-corrected chi connectivity index (χ1v) is 12.8. The molecule has 1 aromatic carbocycles. The number of nitrogens with zero attached hydrogens (tertiary/aromatic N) is 4. The lowest BCUT2D eigenvalue weighted by atomic mass is 9.98. The second kappa shape index (κ2) is 14.0. The van der Waals surface area contributed by atoms with E-state index in [1.54, 1.807) is 6.21 Å². The summed E-state index contributed by atoms with van der Waals surface area (Å²) >= 11 is 0. The molecule has 1 aromatic rings. The smallest absolute Gasteiger partial charge is 0.261 e. The predicted molar refractivity (Wildman–Crippen MR) is 145 cm³/mol. The molecule has 1 heterocycles.